The van der Waals surface area contributed by atoms with Crippen LogP contribution in [0.1, 0.15) is 23.7 Å². The first-order chi connectivity index (χ1) is 9.52. The third kappa shape index (κ3) is 3.54. The van der Waals surface area contributed by atoms with E-state index in [1.54, 1.807) is 6.07 Å². The molecule has 20 heavy (non-hydrogen) atoms. The lowest BCUT2D eigenvalue weighted by Gasteiger charge is -2.23. The molecule has 1 N–H and O–H groups in total. The number of halogens is 2. The van der Waals surface area contributed by atoms with E-state index < -0.39 is 0 Å². The first-order valence-corrected chi connectivity index (χ1v) is 8.03. The monoisotopic (exact) mass is 405 g/mol. The summed E-state index contributed by atoms with van der Waals surface area (Å²) in [5.41, 5.74) is 1.28. The number of rotatable bonds is 4. The molecular weight excluding hydrogens is 390 g/mol. The minimum Gasteiger partial charge on any atom is -0.465 e. The third-order valence-corrected chi connectivity index (χ3v) is 4.59. The maximum Gasteiger partial charge on any atom is 0.340 e. The van der Waals surface area contributed by atoms with E-state index in [-0.39, 0.29) is 12.0 Å². The average Bonchev–Trinajstić information content (AvgIpc) is 2.94. The van der Waals surface area contributed by atoms with E-state index in [1.165, 1.54) is 7.11 Å². The standard InChI is InChI=1S/C14H17Br2NO3/c1-8(9-3-4-20-7-9)17-13-11(14(18)19-2)5-10(15)6-12(13)16/h5-6,8-9,17H,3-4,7H2,1-2H3. The lowest BCUT2D eigenvalue weighted by Crippen LogP contribution is -2.27. The molecule has 0 aromatic heterocycles. The van der Waals surface area contributed by atoms with Crippen molar-refractivity contribution in [3.05, 3.63) is 26.6 Å². The molecule has 0 bridgehead atoms. The Labute approximate surface area is 135 Å². The molecule has 0 radical (unpaired) electrons. The molecule has 2 unspecified atom stereocenters. The van der Waals surface area contributed by atoms with Crippen LogP contribution in [0.2, 0.25) is 0 Å². The molecule has 1 heterocycles. The highest BCUT2D eigenvalue weighted by molar-refractivity contribution is 9.11. The van der Waals surface area contributed by atoms with Gasteiger partial charge in [0.2, 0.25) is 0 Å². The zero-order valence-corrected chi connectivity index (χ0v) is 14.6. The number of nitrogens with one attached hydrogen (secondary N) is 1. The molecule has 4 nitrogen and oxygen atoms in total. The summed E-state index contributed by atoms with van der Waals surface area (Å²) in [6.07, 6.45) is 1.04. The van der Waals surface area contributed by atoms with Crippen molar-refractivity contribution in [2.45, 2.75) is 19.4 Å². The van der Waals surface area contributed by atoms with Crippen LogP contribution in [0.4, 0.5) is 5.69 Å². The zero-order chi connectivity index (χ0) is 14.7. The Morgan fingerprint density at radius 1 is 1.50 bits per heavy atom. The van der Waals surface area contributed by atoms with Crippen molar-refractivity contribution in [1.29, 1.82) is 0 Å². The van der Waals surface area contributed by atoms with Gasteiger partial charge in [0.25, 0.3) is 0 Å². The Hall–Kier alpha value is -0.590. The second-order valence-electron chi connectivity index (χ2n) is 4.86. The predicted molar refractivity (Wildman–Crippen MR) is 85.2 cm³/mol. The van der Waals surface area contributed by atoms with E-state index >= 15 is 0 Å². The molecule has 110 valence electrons. The fraction of sp³-hybridized carbons (Fsp3) is 0.500. The fourth-order valence-electron chi connectivity index (χ4n) is 2.28. The summed E-state index contributed by atoms with van der Waals surface area (Å²) in [4.78, 5) is 11.9. The molecule has 1 fully saturated rings. The van der Waals surface area contributed by atoms with Gasteiger partial charge in [0.05, 0.1) is 25.0 Å². The number of esters is 1. The molecule has 2 rings (SSSR count). The summed E-state index contributed by atoms with van der Waals surface area (Å²) >= 11 is 6.89. The van der Waals surface area contributed by atoms with E-state index in [0.717, 1.165) is 34.3 Å². The van der Waals surface area contributed by atoms with E-state index in [9.17, 15) is 4.79 Å². The molecular formula is C14H17Br2NO3. The van der Waals surface area contributed by atoms with Crippen LogP contribution in [0.15, 0.2) is 21.1 Å². The van der Waals surface area contributed by atoms with Gasteiger partial charge in [-0.25, -0.2) is 4.79 Å². The van der Waals surface area contributed by atoms with E-state index in [0.29, 0.717) is 11.5 Å². The van der Waals surface area contributed by atoms with Gasteiger partial charge >= 0.3 is 5.97 Å². The lowest BCUT2D eigenvalue weighted by atomic mass is 10.00. The number of hydrogen-bond acceptors (Lipinski definition) is 4. The highest BCUT2D eigenvalue weighted by Crippen LogP contribution is 2.33. The highest BCUT2D eigenvalue weighted by Gasteiger charge is 2.25. The van der Waals surface area contributed by atoms with Crippen molar-refractivity contribution < 1.29 is 14.3 Å². The zero-order valence-electron chi connectivity index (χ0n) is 11.4. The maximum absolute atomic E-state index is 11.9. The number of methoxy groups -OCH3 is 1. The summed E-state index contributed by atoms with van der Waals surface area (Å²) in [5.74, 6) is 0.0976. The maximum atomic E-state index is 11.9. The first-order valence-electron chi connectivity index (χ1n) is 6.44. The predicted octanol–water partition coefficient (Wildman–Crippen LogP) is 3.84. The van der Waals surface area contributed by atoms with Crippen LogP contribution in [-0.2, 0) is 9.47 Å². The van der Waals surface area contributed by atoms with Gasteiger partial charge in [-0.15, -0.1) is 0 Å². The van der Waals surface area contributed by atoms with Crippen LogP contribution < -0.4 is 5.32 Å². The molecule has 0 spiro atoms. The molecule has 1 aromatic carbocycles. The van der Waals surface area contributed by atoms with Gasteiger partial charge < -0.3 is 14.8 Å². The van der Waals surface area contributed by atoms with Crippen molar-refractivity contribution >= 4 is 43.5 Å². The molecule has 1 aromatic rings. The van der Waals surface area contributed by atoms with E-state index in [4.69, 9.17) is 9.47 Å². The summed E-state index contributed by atoms with van der Waals surface area (Å²) < 4.78 is 11.9. The van der Waals surface area contributed by atoms with Crippen LogP contribution >= 0.6 is 31.9 Å². The Morgan fingerprint density at radius 2 is 2.25 bits per heavy atom. The van der Waals surface area contributed by atoms with Gasteiger partial charge in [-0.05, 0) is 41.4 Å². The number of carbonyl (C=O) groups excluding carboxylic acids is 1. The quantitative estimate of drug-likeness (QED) is 0.771. The van der Waals surface area contributed by atoms with Gasteiger partial charge in [0.15, 0.2) is 0 Å². The molecule has 1 saturated heterocycles. The van der Waals surface area contributed by atoms with Gasteiger partial charge in [-0.3, -0.25) is 0 Å². The highest BCUT2D eigenvalue weighted by atomic mass is 79.9. The minimum absolute atomic E-state index is 0.221. The van der Waals surface area contributed by atoms with Crippen molar-refractivity contribution in [2.24, 2.45) is 5.92 Å². The van der Waals surface area contributed by atoms with Crippen LogP contribution in [0.5, 0.6) is 0 Å². The van der Waals surface area contributed by atoms with Crippen LogP contribution in [0.3, 0.4) is 0 Å². The number of ether oxygens (including phenoxy) is 2. The Kier molecular flexibility index (Phi) is 5.46. The Bertz CT molecular complexity index is 501. The van der Waals surface area contributed by atoms with Gasteiger partial charge in [0, 0.05) is 27.5 Å². The molecule has 0 saturated carbocycles. The number of carbonyl (C=O) groups is 1. The van der Waals surface area contributed by atoms with E-state index in [2.05, 4.69) is 44.1 Å². The van der Waals surface area contributed by atoms with Crippen LogP contribution in [0.25, 0.3) is 0 Å². The average molecular weight is 407 g/mol. The van der Waals surface area contributed by atoms with Gasteiger partial charge in [0.1, 0.15) is 0 Å². The van der Waals surface area contributed by atoms with Gasteiger partial charge in [-0.1, -0.05) is 15.9 Å². The summed E-state index contributed by atoms with van der Waals surface area (Å²) in [7, 11) is 1.38. The number of benzene rings is 1. The Balaban J connectivity index is 2.27. The van der Waals surface area contributed by atoms with Crippen molar-refractivity contribution in [3.63, 3.8) is 0 Å². The molecule has 0 amide bonds. The second kappa shape index (κ2) is 6.91. The molecule has 2 atom stereocenters. The lowest BCUT2D eigenvalue weighted by molar-refractivity contribution is 0.0601. The van der Waals surface area contributed by atoms with Crippen LogP contribution in [0, 0.1) is 5.92 Å². The van der Waals surface area contributed by atoms with Crippen LogP contribution in [-0.4, -0.2) is 32.3 Å². The smallest absolute Gasteiger partial charge is 0.340 e. The Morgan fingerprint density at radius 3 is 2.85 bits per heavy atom. The summed E-state index contributed by atoms with van der Waals surface area (Å²) in [5, 5.41) is 3.41. The number of anilines is 1. The molecule has 1 aliphatic heterocycles. The molecule has 1 aliphatic rings. The normalized spacial score (nSPS) is 19.7. The summed E-state index contributed by atoms with van der Waals surface area (Å²) in [6, 6.07) is 3.89. The topological polar surface area (TPSA) is 47.6 Å². The van der Waals surface area contributed by atoms with Crippen molar-refractivity contribution in [3.8, 4) is 0 Å². The summed E-state index contributed by atoms with van der Waals surface area (Å²) in [6.45, 7) is 3.67. The third-order valence-electron chi connectivity index (χ3n) is 3.50. The fourth-order valence-corrected chi connectivity index (χ4v) is 3.62. The SMILES string of the molecule is COC(=O)c1cc(Br)cc(Br)c1NC(C)C1CCOC1. The van der Waals surface area contributed by atoms with Crippen molar-refractivity contribution in [2.75, 3.05) is 25.6 Å². The largest absolute Gasteiger partial charge is 0.465 e. The minimum atomic E-state index is -0.357. The van der Waals surface area contributed by atoms with Gasteiger partial charge in [-0.2, -0.15) is 0 Å². The van der Waals surface area contributed by atoms with Crippen molar-refractivity contribution in [1.82, 2.24) is 0 Å². The molecule has 0 aliphatic carbocycles. The van der Waals surface area contributed by atoms with E-state index in [1.807, 2.05) is 6.07 Å². The molecule has 6 heteroatoms. The first kappa shape index (κ1) is 15.8. The number of hydrogen-bond donors (Lipinski definition) is 1. The second-order valence-corrected chi connectivity index (χ2v) is 6.63.